The van der Waals surface area contributed by atoms with Gasteiger partial charge in [0, 0.05) is 49.8 Å². The molecule has 0 unspecified atom stereocenters. The molecule has 2 aromatic heterocycles. The average molecular weight is 620 g/mol. The minimum absolute atomic E-state index is 0.00142. The molecule has 0 saturated carbocycles. The van der Waals surface area contributed by atoms with Crippen LogP contribution in [0.25, 0.3) is 16.9 Å². The summed E-state index contributed by atoms with van der Waals surface area (Å²) in [6.45, 7) is 3.96. The van der Waals surface area contributed by atoms with E-state index < -0.39 is 21.7 Å². The molecule has 3 heterocycles. The van der Waals surface area contributed by atoms with Crippen LogP contribution in [0, 0.1) is 11.6 Å². The van der Waals surface area contributed by atoms with Crippen LogP contribution in [0.2, 0.25) is 5.02 Å². The van der Waals surface area contributed by atoms with E-state index in [1.54, 1.807) is 16.7 Å². The van der Waals surface area contributed by atoms with Crippen molar-refractivity contribution in [2.45, 2.75) is 11.3 Å². The summed E-state index contributed by atoms with van der Waals surface area (Å²) in [7, 11) is 1.50. The first kappa shape index (κ1) is 30.1. The lowest BCUT2D eigenvalue weighted by Gasteiger charge is -2.34. The van der Waals surface area contributed by atoms with Gasteiger partial charge in [-0.15, -0.1) is 0 Å². The van der Waals surface area contributed by atoms with Crippen molar-refractivity contribution < 1.29 is 21.9 Å². The summed E-state index contributed by atoms with van der Waals surface area (Å²) in [5.41, 5.74) is 0.983. The SMILES string of the molecule is COc1ccc(-c2c(Nc3ccc(S(=O)(=O)N4CCN(CCCN(C)C)CC4)c(Cl)c3)nc3cnccn23)c(F)c1F. The van der Waals surface area contributed by atoms with Crippen molar-refractivity contribution >= 4 is 38.8 Å². The molecule has 1 N–H and O–H groups in total. The number of piperazine rings is 1. The highest BCUT2D eigenvalue weighted by molar-refractivity contribution is 7.89. The summed E-state index contributed by atoms with van der Waals surface area (Å²) in [6.07, 6.45) is 5.58. The smallest absolute Gasteiger partial charge is 0.244 e. The largest absolute Gasteiger partial charge is 0.494 e. The Morgan fingerprint density at radius 2 is 1.86 bits per heavy atom. The van der Waals surface area contributed by atoms with Crippen molar-refractivity contribution in [1.29, 1.82) is 0 Å². The van der Waals surface area contributed by atoms with Crippen LogP contribution in [-0.4, -0.2) is 97.4 Å². The van der Waals surface area contributed by atoms with Crippen LogP contribution in [0.3, 0.4) is 0 Å². The quantitative estimate of drug-likeness (QED) is 0.280. The Labute approximate surface area is 248 Å². The number of ether oxygens (including phenoxy) is 1. The molecular formula is C28H32ClF2N7O3S. The van der Waals surface area contributed by atoms with E-state index in [0.29, 0.717) is 37.5 Å². The molecule has 0 radical (unpaired) electrons. The summed E-state index contributed by atoms with van der Waals surface area (Å²) in [6, 6.07) is 7.21. The fraction of sp³-hybridized carbons (Fsp3) is 0.357. The number of halogens is 3. The fourth-order valence-corrected chi connectivity index (χ4v) is 6.93. The zero-order valence-corrected chi connectivity index (χ0v) is 25.1. The first-order chi connectivity index (χ1) is 20.1. The predicted molar refractivity (Wildman–Crippen MR) is 158 cm³/mol. The molecule has 1 aliphatic heterocycles. The van der Waals surface area contributed by atoms with E-state index in [4.69, 9.17) is 16.3 Å². The first-order valence-corrected chi connectivity index (χ1v) is 15.2. The third-order valence-electron chi connectivity index (χ3n) is 7.18. The molecule has 10 nitrogen and oxygen atoms in total. The topological polar surface area (TPSA) is 95.3 Å². The zero-order chi connectivity index (χ0) is 30.0. The molecule has 0 bridgehead atoms. The second kappa shape index (κ2) is 12.5. The van der Waals surface area contributed by atoms with Gasteiger partial charge in [-0.3, -0.25) is 9.38 Å². The number of benzene rings is 2. The van der Waals surface area contributed by atoms with Gasteiger partial charge in [0.2, 0.25) is 15.8 Å². The highest BCUT2D eigenvalue weighted by Crippen LogP contribution is 2.37. The standard InChI is InChI=1S/C28H32ClF2N7O3S/c1-35(2)10-4-11-36-13-15-37(16-14-36)42(39,40)23-8-5-19(17-21(23)29)33-28-27(38-12-9-32-18-24(38)34-28)20-6-7-22(41-3)26(31)25(20)30/h5-9,12,17-18,33H,4,10-11,13-16H2,1-3H3. The number of hydrogen-bond donors (Lipinski definition) is 1. The van der Waals surface area contributed by atoms with Crippen LogP contribution in [0.15, 0.2) is 53.8 Å². The molecule has 5 rings (SSSR count). The highest BCUT2D eigenvalue weighted by atomic mass is 35.5. The van der Waals surface area contributed by atoms with E-state index in [1.165, 1.54) is 48.1 Å². The molecule has 0 amide bonds. The third kappa shape index (κ3) is 6.06. The van der Waals surface area contributed by atoms with Crippen molar-refractivity contribution in [3.8, 4) is 17.0 Å². The van der Waals surface area contributed by atoms with Crippen LogP contribution in [0.1, 0.15) is 6.42 Å². The molecule has 0 atom stereocenters. The van der Waals surface area contributed by atoms with E-state index in [0.717, 1.165) is 19.5 Å². The molecule has 14 heteroatoms. The number of methoxy groups -OCH3 is 1. The lowest BCUT2D eigenvalue weighted by molar-refractivity contribution is 0.181. The molecule has 224 valence electrons. The maximum atomic E-state index is 15.2. The number of imidazole rings is 1. The van der Waals surface area contributed by atoms with Gasteiger partial charge in [0.25, 0.3) is 0 Å². The maximum Gasteiger partial charge on any atom is 0.244 e. The molecule has 1 saturated heterocycles. The van der Waals surface area contributed by atoms with E-state index in [2.05, 4.69) is 25.1 Å². The van der Waals surface area contributed by atoms with Gasteiger partial charge in [-0.05, 0) is 63.9 Å². The minimum atomic E-state index is -3.82. The molecular weight excluding hydrogens is 588 g/mol. The maximum absolute atomic E-state index is 15.2. The van der Waals surface area contributed by atoms with Gasteiger partial charge in [0.1, 0.15) is 10.6 Å². The molecule has 1 aliphatic rings. The summed E-state index contributed by atoms with van der Waals surface area (Å²) in [4.78, 5) is 13.0. The second-order valence-electron chi connectivity index (χ2n) is 10.2. The van der Waals surface area contributed by atoms with Crippen molar-refractivity contribution in [2.24, 2.45) is 0 Å². The summed E-state index contributed by atoms with van der Waals surface area (Å²) in [5, 5.41) is 3.11. The summed E-state index contributed by atoms with van der Waals surface area (Å²) < 4.78 is 64.6. The molecule has 42 heavy (non-hydrogen) atoms. The van der Waals surface area contributed by atoms with Crippen LogP contribution in [0.4, 0.5) is 20.3 Å². The van der Waals surface area contributed by atoms with Crippen LogP contribution in [-0.2, 0) is 10.0 Å². The Hall–Kier alpha value is -3.36. The van der Waals surface area contributed by atoms with Crippen molar-refractivity contribution in [2.75, 3.05) is 65.8 Å². The number of aromatic nitrogens is 3. The highest BCUT2D eigenvalue weighted by Gasteiger charge is 2.30. The molecule has 0 spiro atoms. The van der Waals surface area contributed by atoms with Gasteiger partial charge in [0.15, 0.2) is 23.0 Å². The van der Waals surface area contributed by atoms with Crippen LogP contribution in [0.5, 0.6) is 5.75 Å². The van der Waals surface area contributed by atoms with E-state index in [1.807, 2.05) is 14.1 Å². The van der Waals surface area contributed by atoms with Gasteiger partial charge in [-0.1, -0.05) is 11.6 Å². The Balaban J connectivity index is 1.38. The Morgan fingerprint density at radius 1 is 1.10 bits per heavy atom. The number of anilines is 2. The van der Waals surface area contributed by atoms with E-state index in [9.17, 15) is 12.8 Å². The number of nitrogens with one attached hydrogen (secondary N) is 1. The Kier molecular flexibility index (Phi) is 8.94. The van der Waals surface area contributed by atoms with Gasteiger partial charge in [-0.2, -0.15) is 8.70 Å². The Bertz CT molecular complexity index is 1690. The van der Waals surface area contributed by atoms with Gasteiger partial charge < -0.3 is 19.9 Å². The number of fused-ring (bicyclic) bond motifs is 1. The number of nitrogens with zero attached hydrogens (tertiary/aromatic N) is 6. The minimum Gasteiger partial charge on any atom is -0.494 e. The average Bonchev–Trinajstić information content (AvgIpc) is 3.32. The fourth-order valence-electron chi connectivity index (χ4n) is 4.99. The molecule has 0 aliphatic carbocycles. The molecule has 1 fully saturated rings. The van der Waals surface area contributed by atoms with E-state index in [-0.39, 0.29) is 32.7 Å². The lowest BCUT2D eigenvalue weighted by Crippen LogP contribution is -2.49. The molecule has 4 aromatic rings. The zero-order valence-electron chi connectivity index (χ0n) is 23.5. The first-order valence-electron chi connectivity index (χ1n) is 13.4. The van der Waals surface area contributed by atoms with Crippen molar-refractivity contribution in [1.82, 2.24) is 28.5 Å². The second-order valence-corrected chi connectivity index (χ2v) is 12.5. The van der Waals surface area contributed by atoms with Crippen molar-refractivity contribution in [3.05, 3.63) is 65.6 Å². The number of sulfonamides is 1. The molecule has 2 aromatic carbocycles. The van der Waals surface area contributed by atoms with Gasteiger partial charge >= 0.3 is 0 Å². The van der Waals surface area contributed by atoms with Gasteiger partial charge in [-0.25, -0.2) is 17.8 Å². The van der Waals surface area contributed by atoms with Crippen molar-refractivity contribution in [3.63, 3.8) is 0 Å². The predicted octanol–water partition coefficient (Wildman–Crippen LogP) is 4.34. The van der Waals surface area contributed by atoms with Crippen LogP contribution < -0.4 is 10.1 Å². The number of rotatable bonds is 10. The Morgan fingerprint density at radius 3 is 2.55 bits per heavy atom. The third-order valence-corrected chi connectivity index (χ3v) is 9.56. The normalized spacial score (nSPS) is 15.0. The number of hydrogen-bond acceptors (Lipinski definition) is 8. The van der Waals surface area contributed by atoms with Gasteiger partial charge in [0.05, 0.1) is 18.3 Å². The summed E-state index contributed by atoms with van der Waals surface area (Å²) >= 11 is 6.52. The summed E-state index contributed by atoms with van der Waals surface area (Å²) in [5.74, 6) is -2.26. The lowest BCUT2D eigenvalue weighted by atomic mass is 10.1. The van der Waals surface area contributed by atoms with Crippen LogP contribution >= 0.6 is 11.6 Å². The van der Waals surface area contributed by atoms with E-state index >= 15 is 4.39 Å². The monoisotopic (exact) mass is 619 g/mol.